The van der Waals surface area contributed by atoms with Gasteiger partial charge in [-0.1, -0.05) is 0 Å². The molecule has 6 nitrogen and oxygen atoms in total. The number of rotatable bonds is 6. The molecule has 0 bridgehead atoms. The standard InChI is InChI=1S/2C9H11NO2S.2BrH.Sn/c2*1-6(2)12-9(11)7-3-4-8(13)10-5-7;;;/h2*3-6H,1-2H3,(H,10,11,13);2*1H;/q;;;;+4/p-4. The fraction of sp³-hybridized carbons (Fsp3) is 0.333. The molecule has 0 fully saturated rings. The van der Waals surface area contributed by atoms with Crippen LogP contribution in [0.15, 0.2) is 36.7 Å². The van der Waals surface area contributed by atoms with Crippen molar-refractivity contribution in [2.24, 2.45) is 0 Å². The Kier molecular flexibility index (Phi) is 8.66. The third kappa shape index (κ3) is 6.22. The molecule has 0 radical (unpaired) electrons. The minimum absolute atomic E-state index is 0.238. The fourth-order valence-corrected chi connectivity index (χ4v) is 19.6. The second-order valence-electron chi connectivity index (χ2n) is 6.67. The van der Waals surface area contributed by atoms with Crippen molar-refractivity contribution in [2.75, 3.05) is 0 Å². The Morgan fingerprint density at radius 3 is 1.48 bits per heavy atom. The van der Waals surface area contributed by atoms with Crippen LogP contribution in [0.2, 0.25) is 0 Å². The molecular formula is C18H20Br2N2O4S2Sn. The Labute approximate surface area is 196 Å². The van der Waals surface area contributed by atoms with Crippen LogP contribution in [0.1, 0.15) is 48.4 Å². The first-order valence-electron chi connectivity index (χ1n) is 8.69. The molecule has 0 N–H and O–H groups in total. The van der Waals surface area contributed by atoms with Gasteiger partial charge in [0.15, 0.2) is 0 Å². The Bertz CT molecular complexity index is 969. The average Bonchev–Trinajstić information content (AvgIpc) is 2.60. The van der Waals surface area contributed by atoms with Crippen LogP contribution in [0.3, 0.4) is 0 Å². The van der Waals surface area contributed by atoms with Crippen LogP contribution in [0.25, 0.3) is 0 Å². The van der Waals surface area contributed by atoms with Crippen molar-refractivity contribution in [3.8, 4) is 0 Å². The van der Waals surface area contributed by atoms with E-state index in [0.717, 1.165) is 0 Å². The first-order chi connectivity index (χ1) is 13.4. The van der Waals surface area contributed by atoms with Gasteiger partial charge < -0.3 is 0 Å². The number of aromatic nitrogens is 2. The van der Waals surface area contributed by atoms with Gasteiger partial charge in [-0.2, -0.15) is 0 Å². The van der Waals surface area contributed by atoms with Gasteiger partial charge in [0.05, 0.1) is 0 Å². The van der Waals surface area contributed by atoms with Crippen LogP contribution in [0.5, 0.6) is 0 Å². The van der Waals surface area contributed by atoms with Gasteiger partial charge in [-0.3, -0.25) is 0 Å². The second-order valence-corrected chi connectivity index (χ2v) is 35.1. The van der Waals surface area contributed by atoms with E-state index in [4.69, 9.17) is 33.9 Å². The van der Waals surface area contributed by atoms with Crippen molar-refractivity contribution in [3.05, 3.63) is 57.1 Å². The second kappa shape index (κ2) is 10.2. The SMILES string of the molecule is CC(C)OC(=O)c1ccc(=S)[n]([Sn]([Br])([Br])[n]2cc(C(=O)OC(C)C)ccc2=S)c1. The molecule has 0 aliphatic rings. The molecule has 0 amide bonds. The van der Waals surface area contributed by atoms with Gasteiger partial charge in [0.2, 0.25) is 0 Å². The van der Waals surface area contributed by atoms with Crippen molar-refractivity contribution >= 4 is 76.3 Å². The Morgan fingerprint density at radius 1 is 0.828 bits per heavy atom. The van der Waals surface area contributed by atoms with E-state index >= 15 is 0 Å². The average molecular weight is 671 g/mol. The molecule has 2 heterocycles. The Hall–Kier alpha value is -0.561. The summed E-state index contributed by atoms with van der Waals surface area (Å²) < 4.78 is 15.2. The van der Waals surface area contributed by atoms with Crippen molar-refractivity contribution in [2.45, 2.75) is 39.9 Å². The van der Waals surface area contributed by atoms with Crippen LogP contribution < -0.4 is 0 Å². The molecule has 0 aliphatic carbocycles. The first kappa shape index (κ1) is 24.7. The zero-order valence-corrected chi connectivity index (χ0v) is 23.9. The summed E-state index contributed by atoms with van der Waals surface area (Å²) in [5.74, 6) is -0.882. The minimum atomic E-state index is -3.85. The van der Waals surface area contributed by atoms with E-state index < -0.39 is 26.4 Å². The van der Waals surface area contributed by atoms with E-state index in [9.17, 15) is 9.59 Å². The van der Waals surface area contributed by atoms with E-state index in [1.54, 1.807) is 69.9 Å². The van der Waals surface area contributed by atoms with E-state index in [0.29, 0.717) is 20.4 Å². The van der Waals surface area contributed by atoms with E-state index in [-0.39, 0.29) is 12.2 Å². The predicted octanol–water partition coefficient (Wildman–Crippen LogP) is 5.50. The normalized spacial score (nSPS) is 11.6. The molecule has 0 atom stereocenters. The van der Waals surface area contributed by atoms with E-state index in [1.165, 1.54) is 0 Å². The monoisotopic (exact) mass is 670 g/mol. The van der Waals surface area contributed by atoms with Crippen LogP contribution in [0, 0.1) is 9.28 Å². The number of hydrogen-bond donors (Lipinski definition) is 0. The number of pyridine rings is 2. The summed E-state index contributed by atoms with van der Waals surface area (Å²) in [7, 11) is 0. The summed E-state index contributed by atoms with van der Waals surface area (Å²) in [6.07, 6.45) is 2.82. The summed E-state index contributed by atoms with van der Waals surface area (Å²) in [6.45, 7) is 7.14. The maximum atomic E-state index is 12.3. The molecule has 0 spiro atoms. The maximum absolute atomic E-state index is 12.3. The zero-order valence-electron chi connectivity index (χ0n) is 16.2. The van der Waals surface area contributed by atoms with Crippen LogP contribution in [-0.2, 0) is 9.47 Å². The van der Waals surface area contributed by atoms with Crippen molar-refractivity contribution in [1.82, 2.24) is 5.58 Å². The number of ether oxygens (including phenoxy) is 2. The Balaban J connectivity index is 2.55. The zero-order chi connectivity index (χ0) is 21.9. The van der Waals surface area contributed by atoms with Gasteiger partial charge in [0.1, 0.15) is 0 Å². The summed E-state index contributed by atoms with van der Waals surface area (Å²) in [5.41, 5.74) is 0.739. The van der Waals surface area contributed by atoms with Gasteiger partial charge in [-0.05, 0) is 0 Å². The molecule has 2 aromatic heterocycles. The van der Waals surface area contributed by atoms with Crippen molar-refractivity contribution in [3.63, 3.8) is 0 Å². The van der Waals surface area contributed by atoms with Crippen molar-refractivity contribution < 1.29 is 19.1 Å². The van der Waals surface area contributed by atoms with Crippen LogP contribution in [0.4, 0.5) is 0 Å². The molecule has 0 saturated carbocycles. The van der Waals surface area contributed by atoms with E-state index in [2.05, 4.69) is 25.4 Å². The molecule has 0 saturated heterocycles. The molecule has 29 heavy (non-hydrogen) atoms. The molecule has 11 heteroatoms. The first-order valence-corrected chi connectivity index (χ1v) is 24.9. The number of hydrogen-bond acceptors (Lipinski definition) is 6. The summed E-state index contributed by atoms with van der Waals surface area (Å²) >= 11 is 14.7. The molecule has 2 rings (SSSR count). The molecular weight excluding hydrogens is 651 g/mol. The summed E-state index contributed by atoms with van der Waals surface area (Å²) in [4.78, 5) is 24.7. The Morgan fingerprint density at radius 2 is 1.17 bits per heavy atom. The topological polar surface area (TPSA) is 62.5 Å². The molecule has 2 aromatic rings. The van der Waals surface area contributed by atoms with Gasteiger partial charge in [-0.15, -0.1) is 0 Å². The van der Waals surface area contributed by atoms with Gasteiger partial charge in [0.25, 0.3) is 0 Å². The molecule has 0 aliphatic heterocycles. The molecule has 0 aromatic carbocycles. The number of carbonyl (C=O) groups is 2. The fourth-order valence-electron chi connectivity index (χ4n) is 2.32. The van der Waals surface area contributed by atoms with Crippen LogP contribution in [-0.4, -0.2) is 44.2 Å². The van der Waals surface area contributed by atoms with Gasteiger partial charge in [0, 0.05) is 0 Å². The van der Waals surface area contributed by atoms with Gasteiger partial charge in [-0.25, -0.2) is 0 Å². The van der Waals surface area contributed by atoms with Gasteiger partial charge >= 0.3 is 198 Å². The van der Waals surface area contributed by atoms with Crippen LogP contribution >= 0.6 is 49.8 Å². The third-order valence-electron chi connectivity index (χ3n) is 3.56. The molecule has 156 valence electrons. The summed E-state index contributed by atoms with van der Waals surface area (Å²) in [6, 6.07) is 6.59. The third-order valence-corrected chi connectivity index (χ3v) is 20.8. The number of halogens is 2. The van der Waals surface area contributed by atoms with Crippen molar-refractivity contribution in [1.29, 1.82) is 0 Å². The number of carbonyl (C=O) groups excluding carboxylic acids is 2. The van der Waals surface area contributed by atoms with E-state index in [1.807, 2.05) is 0 Å². The quantitative estimate of drug-likeness (QED) is 0.230. The molecule has 0 unspecified atom stereocenters. The number of esters is 2. The summed E-state index contributed by atoms with van der Waals surface area (Å²) in [5, 5.41) is 0. The predicted molar refractivity (Wildman–Crippen MR) is 126 cm³/mol. The number of nitrogens with zero attached hydrogens (tertiary/aromatic N) is 2.